The summed E-state index contributed by atoms with van der Waals surface area (Å²) in [7, 11) is 0. The number of carbonyl (C=O) groups is 2. The summed E-state index contributed by atoms with van der Waals surface area (Å²) in [5.74, 6) is 5.73. The van der Waals surface area contributed by atoms with Gasteiger partial charge in [0, 0.05) is 19.0 Å². The van der Waals surface area contributed by atoms with E-state index in [9.17, 15) is 9.59 Å². The van der Waals surface area contributed by atoms with Gasteiger partial charge in [0.1, 0.15) is 18.8 Å². The van der Waals surface area contributed by atoms with E-state index in [4.69, 9.17) is 14.2 Å². The summed E-state index contributed by atoms with van der Waals surface area (Å²) in [5.41, 5.74) is 2.21. The molecule has 1 aliphatic heterocycles. The third-order valence-corrected chi connectivity index (χ3v) is 4.29. The molecule has 0 aliphatic carbocycles. The average molecular weight is 399 g/mol. The molecule has 1 aromatic carbocycles. The van der Waals surface area contributed by atoms with Gasteiger partial charge in [-0.1, -0.05) is 44.7 Å². The lowest BCUT2D eigenvalue weighted by atomic mass is 9.87. The van der Waals surface area contributed by atoms with Crippen molar-refractivity contribution in [3.8, 4) is 11.8 Å². The van der Waals surface area contributed by atoms with Crippen LogP contribution in [0.5, 0.6) is 0 Å². The van der Waals surface area contributed by atoms with E-state index in [-0.39, 0.29) is 12.0 Å². The first-order chi connectivity index (χ1) is 13.7. The minimum absolute atomic E-state index is 0.0256. The Balaban J connectivity index is 2.09. The van der Waals surface area contributed by atoms with E-state index in [1.807, 2.05) is 12.1 Å². The van der Waals surface area contributed by atoms with E-state index in [2.05, 4.69) is 50.1 Å². The van der Waals surface area contributed by atoms with E-state index in [1.165, 1.54) is 12.5 Å². The molecule has 1 aromatic rings. The standard InChI is InChI=1S/C23H29NO5/c1-6-24-22(26)29-20-14-13-19(28-21(20)15-27-16(2)25)12-9-17-7-10-18(11-8-17)23(3,4)5/h7-8,10-11,13-14,19-21H,6,15H2,1-5H3,(H,24,26)/t19-,20-,21-/m1/s1. The molecule has 0 fully saturated rings. The number of hydrogen-bond acceptors (Lipinski definition) is 5. The number of benzene rings is 1. The van der Waals surface area contributed by atoms with E-state index in [0.717, 1.165) is 5.56 Å². The zero-order chi connectivity index (χ0) is 21.4. The average Bonchev–Trinajstić information content (AvgIpc) is 2.65. The van der Waals surface area contributed by atoms with Crippen LogP contribution in [-0.2, 0) is 24.4 Å². The topological polar surface area (TPSA) is 73.9 Å². The zero-order valence-corrected chi connectivity index (χ0v) is 17.7. The van der Waals surface area contributed by atoms with E-state index < -0.39 is 30.4 Å². The predicted octanol–water partition coefficient (Wildman–Crippen LogP) is 3.34. The third-order valence-electron chi connectivity index (χ3n) is 4.29. The molecule has 3 atom stereocenters. The van der Waals surface area contributed by atoms with Crippen molar-refractivity contribution in [2.24, 2.45) is 0 Å². The fourth-order valence-corrected chi connectivity index (χ4v) is 2.69. The van der Waals surface area contributed by atoms with Crippen molar-refractivity contribution >= 4 is 12.1 Å². The van der Waals surface area contributed by atoms with Crippen LogP contribution in [0.4, 0.5) is 4.79 Å². The number of alkyl carbamates (subject to hydrolysis) is 1. The Kier molecular flexibility index (Phi) is 7.86. The summed E-state index contributed by atoms with van der Waals surface area (Å²) in [6, 6.07) is 8.11. The highest BCUT2D eigenvalue weighted by Crippen LogP contribution is 2.22. The van der Waals surface area contributed by atoms with Gasteiger partial charge < -0.3 is 19.5 Å². The van der Waals surface area contributed by atoms with Gasteiger partial charge in [0.25, 0.3) is 0 Å². The summed E-state index contributed by atoms with van der Waals surface area (Å²) < 4.78 is 16.3. The second-order valence-electron chi connectivity index (χ2n) is 7.78. The summed E-state index contributed by atoms with van der Waals surface area (Å²) in [4.78, 5) is 22.9. The first kappa shape index (κ1) is 22.5. The van der Waals surface area contributed by atoms with Crippen molar-refractivity contribution in [2.75, 3.05) is 13.2 Å². The fourth-order valence-electron chi connectivity index (χ4n) is 2.69. The zero-order valence-electron chi connectivity index (χ0n) is 17.7. The molecule has 156 valence electrons. The summed E-state index contributed by atoms with van der Waals surface area (Å²) in [5, 5.41) is 2.56. The lowest BCUT2D eigenvalue weighted by molar-refractivity contribution is -0.149. The molecule has 1 N–H and O–H groups in total. The molecule has 0 spiro atoms. The minimum Gasteiger partial charge on any atom is -0.463 e. The molecule has 0 unspecified atom stereocenters. The van der Waals surface area contributed by atoms with Gasteiger partial charge in [0.2, 0.25) is 0 Å². The highest BCUT2D eigenvalue weighted by atomic mass is 16.6. The van der Waals surface area contributed by atoms with Crippen LogP contribution >= 0.6 is 0 Å². The van der Waals surface area contributed by atoms with Crippen molar-refractivity contribution in [3.05, 3.63) is 47.5 Å². The number of hydrogen-bond donors (Lipinski definition) is 1. The summed E-state index contributed by atoms with van der Waals surface area (Å²) in [6.07, 6.45) is 1.12. The number of esters is 1. The van der Waals surface area contributed by atoms with Crippen LogP contribution in [0.25, 0.3) is 0 Å². The van der Waals surface area contributed by atoms with Gasteiger partial charge in [-0.15, -0.1) is 0 Å². The summed E-state index contributed by atoms with van der Waals surface area (Å²) in [6.45, 7) is 10.0. The Bertz CT molecular complexity index is 795. The van der Waals surface area contributed by atoms with Crippen molar-refractivity contribution in [2.45, 2.75) is 58.3 Å². The second kappa shape index (κ2) is 10.1. The van der Waals surface area contributed by atoms with Crippen LogP contribution in [0.3, 0.4) is 0 Å². The maximum atomic E-state index is 11.7. The first-order valence-corrected chi connectivity index (χ1v) is 9.72. The molecule has 1 heterocycles. The number of rotatable bonds is 4. The Morgan fingerprint density at radius 2 is 1.86 bits per heavy atom. The van der Waals surface area contributed by atoms with Gasteiger partial charge in [-0.25, -0.2) is 4.79 Å². The first-order valence-electron chi connectivity index (χ1n) is 9.72. The molecule has 2 rings (SSSR count). The second-order valence-corrected chi connectivity index (χ2v) is 7.78. The Labute approximate surface area is 172 Å². The number of nitrogens with one attached hydrogen (secondary N) is 1. The predicted molar refractivity (Wildman–Crippen MR) is 110 cm³/mol. The maximum absolute atomic E-state index is 11.7. The fraction of sp³-hybridized carbons (Fsp3) is 0.478. The molecule has 1 aliphatic rings. The Morgan fingerprint density at radius 3 is 2.45 bits per heavy atom. The normalized spacial score (nSPS) is 20.9. The SMILES string of the molecule is CCNC(=O)O[C@@H]1C=C[C@@H](C#Cc2ccc(C(C)(C)C)cc2)O[C@@H]1COC(C)=O. The molecule has 0 saturated heterocycles. The van der Waals surface area contributed by atoms with Crippen molar-refractivity contribution in [3.63, 3.8) is 0 Å². The lowest BCUT2D eigenvalue weighted by Crippen LogP contribution is -2.43. The quantitative estimate of drug-likeness (QED) is 0.478. The molecule has 0 radical (unpaired) electrons. The maximum Gasteiger partial charge on any atom is 0.407 e. The smallest absolute Gasteiger partial charge is 0.407 e. The van der Waals surface area contributed by atoms with Gasteiger partial charge in [-0.05, 0) is 42.2 Å². The molecule has 0 saturated carbocycles. The van der Waals surface area contributed by atoms with Gasteiger partial charge in [-0.3, -0.25) is 4.79 Å². The molecule has 6 heteroatoms. The van der Waals surface area contributed by atoms with Crippen molar-refractivity contribution in [1.29, 1.82) is 0 Å². The monoisotopic (exact) mass is 399 g/mol. The van der Waals surface area contributed by atoms with Crippen LogP contribution in [-0.4, -0.2) is 43.5 Å². The number of amides is 1. The molecule has 1 amide bonds. The van der Waals surface area contributed by atoms with Gasteiger partial charge in [0.05, 0.1) is 0 Å². The minimum atomic E-state index is -0.662. The summed E-state index contributed by atoms with van der Waals surface area (Å²) >= 11 is 0. The largest absolute Gasteiger partial charge is 0.463 e. The van der Waals surface area contributed by atoms with Crippen LogP contribution in [0.2, 0.25) is 0 Å². The molecule has 6 nitrogen and oxygen atoms in total. The third kappa shape index (κ3) is 7.28. The van der Waals surface area contributed by atoms with Crippen molar-refractivity contribution < 1.29 is 23.8 Å². The highest BCUT2D eigenvalue weighted by molar-refractivity contribution is 5.67. The molecular formula is C23H29NO5. The number of carbonyl (C=O) groups excluding carboxylic acids is 2. The number of ether oxygens (including phenoxy) is 3. The van der Waals surface area contributed by atoms with Gasteiger partial charge in [0.15, 0.2) is 6.10 Å². The van der Waals surface area contributed by atoms with E-state index in [1.54, 1.807) is 19.1 Å². The van der Waals surface area contributed by atoms with Crippen LogP contribution in [0.15, 0.2) is 36.4 Å². The molecule has 29 heavy (non-hydrogen) atoms. The van der Waals surface area contributed by atoms with Gasteiger partial charge in [-0.2, -0.15) is 0 Å². The Hall–Kier alpha value is -2.78. The lowest BCUT2D eigenvalue weighted by Gasteiger charge is -2.29. The molecule has 0 aromatic heterocycles. The highest BCUT2D eigenvalue weighted by Gasteiger charge is 2.30. The van der Waals surface area contributed by atoms with Crippen LogP contribution < -0.4 is 5.32 Å². The van der Waals surface area contributed by atoms with Crippen LogP contribution in [0.1, 0.15) is 45.7 Å². The van der Waals surface area contributed by atoms with Gasteiger partial charge >= 0.3 is 12.1 Å². The molecular weight excluding hydrogens is 370 g/mol. The Morgan fingerprint density at radius 1 is 1.17 bits per heavy atom. The van der Waals surface area contributed by atoms with E-state index >= 15 is 0 Å². The molecule has 0 bridgehead atoms. The van der Waals surface area contributed by atoms with Crippen molar-refractivity contribution in [1.82, 2.24) is 5.32 Å². The van der Waals surface area contributed by atoms with Crippen LogP contribution in [0, 0.1) is 11.8 Å². The van der Waals surface area contributed by atoms with E-state index in [0.29, 0.717) is 6.54 Å².